The van der Waals surface area contributed by atoms with Crippen LogP contribution in [0.25, 0.3) is 10.2 Å². The average molecular weight is 440 g/mol. The van der Waals surface area contributed by atoms with Gasteiger partial charge in [0.2, 0.25) is 5.91 Å². The van der Waals surface area contributed by atoms with Gasteiger partial charge in [0.15, 0.2) is 5.92 Å². The Morgan fingerprint density at radius 1 is 1.10 bits per heavy atom. The molecule has 1 aliphatic heterocycles. The number of aromatic nitrogens is 2. The zero-order chi connectivity index (χ0) is 21.4. The van der Waals surface area contributed by atoms with Gasteiger partial charge in [0.1, 0.15) is 17.0 Å². The van der Waals surface area contributed by atoms with Crippen molar-refractivity contribution in [3.05, 3.63) is 17.3 Å². The lowest BCUT2D eigenvalue weighted by atomic mass is 10.0. The maximum absolute atomic E-state index is 12.7. The van der Waals surface area contributed by atoms with E-state index in [0.717, 1.165) is 26.4 Å². The van der Waals surface area contributed by atoms with E-state index >= 15 is 0 Å². The summed E-state index contributed by atoms with van der Waals surface area (Å²) in [7, 11) is 0. The fraction of sp³-hybridized carbons (Fsp3) is 0.588. The molecule has 12 heteroatoms. The Kier molecular flexibility index (Phi) is 5.93. The van der Waals surface area contributed by atoms with Crippen LogP contribution < -0.4 is 4.90 Å². The number of hydrogen-bond donors (Lipinski definition) is 0. The van der Waals surface area contributed by atoms with Crippen LogP contribution in [0, 0.1) is 5.92 Å². The van der Waals surface area contributed by atoms with Gasteiger partial charge in [-0.3, -0.25) is 4.79 Å². The number of hydrogen-bond acceptors (Lipinski definition) is 5. The molecule has 0 unspecified atom stereocenters. The second-order valence-corrected chi connectivity index (χ2v) is 7.81. The molecule has 160 valence electrons. The third-order valence-corrected chi connectivity index (χ3v) is 6.00. The van der Waals surface area contributed by atoms with Crippen LogP contribution in [0.1, 0.15) is 18.2 Å². The van der Waals surface area contributed by atoms with Crippen molar-refractivity contribution in [1.82, 2.24) is 14.9 Å². The molecule has 5 nitrogen and oxygen atoms in total. The number of fused-ring (bicyclic) bond motifs is 1. The molecular weight excluding hydrogens is 422 g/mol. The summed E-state index contributed by atoms with van der Waals surface area (Å²) in [5, 5.41) is 0.850. The fourth-order valence-corrected chi connectivity index (χ4v) is 4.14. The number of thiophene rings is 1. The number of piperazine rings is 1. The van der Waals surface area contributed by atoms with Crippen molar-refractivity contribution < 1.29 is 31.1 Å². The zero-order valence-electron chi connectivity index (χ0n) is 15.3. The maximum atomic E-state index is 12.7. The number of alkyl halides is 6. The molecule has 0 spiro atoms. The molecule has 0 atom stereocenters. The molecule has 2 aromatic heterocycles. The predicted molar refractivity (Wildman–Crippen MR) is 95.8 cm³/mol. The van der Waals surface area contributed by atoms with Crippen molar-refractivity contribution in [3.63, 3.8) is 0 Å². The Morgan fingerprint density at radius 3 is 2.28 bits per heavy atom. The summed E-state index contributed by atoms with van der Waals surface area (Å²) >= 11 is 1.54. The molecule has 0 saturated carbocycles. The van der Waals surface area contributed by atoms with Gasteiger partial charge in [0.05, 0.1) is 5.39 Å². The molecule has 1 aliphatic rings. The lowest BCUT2D eigenvalue weighted by molar-refractivity contribution is -0.284. The van der Waals surface area contributed by atoms with Crippen molar-refractivity contribution in [2.45, 2.75) is 32.1 Å². The summed E-state index contributed by atoms with van der Waals surface area (Å²) in [5.74, 6) is -4.15. The molecular formula is C17H18F6N4OS. The van der Waals surface area contributed by atoms with Crippen LogP contribution >= 0.6 is 11.3 Å². The smallest absolute Gasteiger partial charge is 0.352 e. The number of rotatable bonds is 4. The summed E-state index contributed by atoms with van der Waals surface area (Å²) in [6.07, 6.45) is -10.4. The van der Waals surface area contributed by atoms with E-state index in [-0.39, 0.29) is 26.2 Å². The molecule has 0 radical (unpaired) electrons. The van der Waals surface area contributed by atoms with E-state index in [4.69, 9.17) is 0 Å². The van der Waals surface area contributed by atoms with Crippen molar-refractivity contribution in [2.75, 3.05) is 31.1 Å². The van der Waals surface area contributed by atoms with E-state index in [1.54, 1.807) is 0 Å². The molecule has 2 aromatic rings. The number of amides is 1. The van der Waals surface area contributed by atoms with Gasteiger partial charge in [0, 0.05) is 37.5 Å². The molecule has 1 amide bonds. The minimum Gasteiger partial charge on any atom is -0.352 e. The van der Waals surface area contributed by atoms with E-state index in [2.05, 4.69) is 9.97 Å². The summed E-state index contributed by atoms with van der Waals surface area (Å²) in [4.78, 5) is 25.4. The van der Waals surface area contributed by atoms with Crippen LogP contribution in [-0.4, -0.2) is 59.3 Å². The van der Waals surface area contributed by atoms with Crippen molar-refractivity contribution >= 4 is 33.3 Å². The van der Waals surface area contributed by atoms with Gasteiger partial charge in [-0.05, 0) is 12.5 Å². The SMILES string of the molecule is CCc1cc2c(N3CCN(C(=O)CC(C(F)(F)F)C(F)(F)F)CC3)ncnc2s1. The first-order valence-corrected chi connectivity index (χ1v) is 9.72. The van der Waals surface area contributed by atoms with E-state index in [1.165, 1.54) is 17.7 Å². The molecule has 0 N–H and O–H groups in total. The third-order valence-electron chi connectivity index (χ3n) is 4.81. The molecule has 3 heterocycles. The molecule has 1 fully saturated rings. The third kappa shape index (κ3) is 4.73. The standard InChI is InChI=1S/C17H18F6N4OS/c1-2-10-7-11-14(24-9-25-15(11)29-10)27-5-3-26(4-6-27)13(28)8-12(16(18,19)20)17(21,22)23/h7,9,12H,2-6,8H2,1H3. The molecule has 0 aliphatic carbocycles. The first kappa shape index (κ1) is 21.6. The second kappa shape index (κ2) is 7.96. The zero-order valence-corrected chi connectivity index (χ0v) is 16.2. The van der Waals surface area contributed by atoms with Crippen LogP contribution in [-0.2, 0) is 11.2 Å². The highest BCUT2D eigenvalue weighted by molar-refractivity contribution is 7.18. The fourth-order valence-electron chi connectivity index (χ4n) is 3.21. The number of halogens is 6. The van der Waals surface area contributed by atoms with Crippen LogP contribution in [0.5, 0.6) is 0 Å². The second-order valence-electron chi connectivity index (χ2n) is 6.69. The Hall–Kier alpha value is -2.11. The highest BCUT2D eigenvalue weighted by atomic mass is 32.1. The Labute approximate surface area is 166 Å². The Morgan fingerprint density at radius 2 is 1.72 bits per heavy atom. The largest absolute Gasteiger partial charge is 0.400 e. The van der Waals surface area contributed by atoms with E-state index in [1.807, 2.05) is 17.9 Å². The maximum Gasteiger partial charge on any atom is 0.400 e. The normalized spacial score (nSPS) is 16.1. The monoisotopic (exact) mass is 440 g/mol. The molecule has 0 bridgehead atoms. The number of carbonyl (C=O) groups excluding carboxylic acids is 1. The average Bonchev–Trinajstić information content (AvgIpc) is 3.07. The first-order chi connectivity index (χ1) is 13.5. The van der Waals surface area contributed by atoms with Crippen molar-refractivity contribution in [3.8, 4) is 0 Å². The highest BCUT2D eigenvalue weighted by Crippen LogP contribution is 2.41. The van der Waals surface area contributed by atoms with Gasteiger partial charge in [-0.2, -0.15) is 26.3 Å². The minimum atomic E-state index is -5.52. The van der Waals surface area contributed by atoms with E-state index in [9.17, 15) is 31.1 Å². The van der Waals surface area contributed by atoms with Crippen molar-refractivity contribution in [2.24, 2.45) is 5.92 Å². The minimum absolute atomic E-state index is 0.0253. The summed E-state index contributed by atoms with van der Waals surface area (Å²) in [6, 6.07) is 1.98. The van der Waals surface area contributed by atoms with Gasteiger partial charge in [-0.25, -0.2) is 9.97 Å². The first-order valence-electron chi connectivity index (χ1n) is 8.90. The highest BCUT2D eigenvalue weighted by Gasteiger charge is 2.57. The Bertz CT molecular complexity index is 859. The lowest BCUT2D eigenvalue weighted by Gasteiger charge is -2.36. The summed E-state index contributed by atoms with van der Waals surface area (Å²) < 4.78 is 76.2. The molecule has 0 aromatic carbocycles. The molecule has 1 saturated heterocycles. The number of anilines is 1. The summed E-state index contributed by atoms with van der Waals surface area (Å²) in [5.41, 5.74) is 0. The van der Waals surface area contributed by atoms with Crippen LogP contribution in [0.15, 0.2) is 12.4 Å². The molecule has 29 heavy (non-hydrogen) atoms. The van der Waals surface area contributed by atoms with Crippen molar-refractivity contribution in [1.29, 1.82) is 0 Å². The van der Waals surface area contributed by atoms with Gasteiger partial charge < -0.3 is 9.80 Å². The van der Waals surface area contributed by atoms with E-state index in [0.29, 0.717) is 5.82 Å². The summed E-state index contributed by atoms with van der Waals surface area (Å²) in [6.45, 7) is 2.59. The van der Waals surface area contributed by atoms with Crippen LogP contribution in [0.3, 0.4) is 0 Å². The van der Waals surface area contributed by atoms with Gasteiger partial charge in [-0.1, -0.05) is 6.92 Å². The number of carbonyl (C=O) groups is 1. The quantitative estimate of drug-likeness (QED) is 0.674. The van der Waals surface area contributed by atoms with Gasteiger partial charge >= 0.3 is 12.4 Å². The number of nitrogens with zero attached hydrogens (tertiary/aromatic N) is 4. The number of aryl methyl sites for hydroxylation is 1. The lowest BCUT2D eigenvalue weighted by Crippen LogP contribution is -2.50. The Balaban J connectivity index is 1.68. The van der Waals surface area contributed by atoms with Crippen LogP contribution in [0.4, 0.5) is 32.2 Å². The molecule has 3 rings (SSSR count). The predicted octanol–water partition coefficient (Wildman–Crippen LogP) is 4.03. The van der Waals surface area contributed by atoms with E-state index < -0.39 is 30.6 Å². The van der Waals surface area contributed by atoms with Gasteiger partial charge in [-0.15, -0.1) is 11.3 Å². The van der Waals surface area contributed by atoms with Gasteiger partial charge in [0.25, 0.3) is 0 Å². The topological polar surface area (TPSA) is 49.3 Å². The van der Waals surface area contributed by atoms with Crippen LogP contribution in [0.2, 0.25) is 0 Å².